The summed E-state index contributed by atoms with van der Waals surface area (Å²) in [5.41, 5.74) is 0.723. The second-order valence-electron chi connectivity index (χ2n) is 8.45. The molecule has 0 aliphatic carbocycles. The molecule has 3 amide bonds. The first-order chi connectivity index (χ1) is 14.5. The van der Waals surface area contributed by atoms with Crippen molar-refractivity contribution >= 4 is 17.7 Å². The molecule has 0 spiro atoms. The lowest BCUT2D eigenvalue weighted by atomic mass is 9.93. The Morgan fingerprint density at radius 1 is 0.967 bits per heavy atom. The number of carbonyl (C=O) groups excluding carboxylic acids is 3. The van der Waals surface area contributed by atoms with E-state index in [9.17, 15) is 14.4 Å². The molecule has 6 nitrogen and oxygen atoms in total. The van der Waals surface area contributed by atoms with E-state index in [1.807, 2.05) is 47.1 Å². The average Bonchev–Trinajstić information content (AvgIpc) is 2.82. The zero-order chi connectivity index (χ0) is 21.5. The molecule has 3 rings (SSSR count). The zero-order valence-electron chi connectivity index (χ0n) is 18.4. The van der Waals surface area contributed by atoms with E-state index >= 15 is 0 Å². The second-order valence-corrected chi connectivity index (χ2v) is 8.45. The Kier molecular flexibility index (Phi) is 7.88. The summed E-state index contributed by atoms with van der Waals surface area (Å²) in [5, 5.41) is 0. The summed E-state index contributed by atoms with van der Waals surface area (Å²) < 4.78 is 0. The highest BCUT2D eigenvalue weighted by molar-refractivity contribution is 5.94. The molecule has 30 heavy (non-hydrogen) atoms. The van der Waals surface area contributed by atoms with Crippen LogP contribution in [0, 0.1) is 5.92 Å². The highest BCUT2D eigenvalue weighted by Gasteiger charge is 2.35. The standard InChI is InChI=1S/C24H35N3O3/c1-3-14-27(24(30)20-11-8-15-26(18-20)22(28)4-2)21-12-16-25(17-13-21)23(29)19-9-6-5-7-10-19/h5-7,9-10,20-21H,3-4,8,11-18H2,1-2H3. The third-order valence-electron chi connectivity index (χ3n) is 6.39. The van der Waals surface area contributed by atoms with Gasteiger partial charge < -0.3 is 14.7 Å². The van der Waals surface area contributed by atoms with E-state index in [0.717, 1.165) is 50.8 Å². The Morgan fingerprint density at radius 2 is 1.67 bits per heavy atom. The average molecular weight is 414 g/mol. The van der Waals surface area contributed by atoms with Crippen LogP contribution in [0.3, 0.4) is 0 Å². The van der Waals surface area contributed by atoms with Gasteiger partial charge in [0.05, 0.1) is 5.92 Å². The summed E-state index contributed by atoms with van der Waals surface area (Å²) in [7, 11) is 0. The first-order valence-electron chi connectivity index (χ1n) is 11.5. The predicted octanol–water partition coefficient (Wildman–Crippen LogP) is 3.18. The van der Waals surface area contributed by atoms with Crippen LogP contribution in [0.5, 0.6) is 0 Å². The lowest BCUT2D eigenvalue weighted by molar-refractivity contribution is -0.143. The highest BCUT2D eigenvalue weighted by atomic mass is 16.2. The minimum Gasteiger partial charge on any atom is -0.342 e. The summed E-state index contributed by atoms with van der Waals surface area (Å²) in [5.74, 6) is 0.314. The van der Waals surface area contributed by atoms with Crippen molar-refractivity contribution in [2.75, 3.05) is 32.7 Å². The van der Waals surface area contributed by atoms with Crippen LogP contribution in [0.15, 0.2) is 30.3 Å². The Hall–Kier alpha value is -2.37. The van der Waals surface area contributed by atoms with Gasteiger partial charge in [-0.1, -0.05) is 32.0 Å². The Morgan fingerprint density at radius 3 is 2.30 bits per heavy atom. The number of piperidine rings is 2. The molecule has 0 N–H and O–H groups in total. The quantitative estimate of drug-likeness (QED) is 0.720. The van der Waals surface area contributed by atoms with E-state index in [1.54, 1.807) is 0 Å². The van der Waals surface area contributed by atoms with Crippen molar-refractivity contribution in [1.82, 2.24) is 14.7 Å². The van der Waals surface area contributed by atoms with Gasteiger partial charge >= 0.3 is 0 Å². The summed E-state index contributed by atoms with van der Waals surface area (Å²) in [4.78, 5) is 44.0. The van der Waals surface area contributed by atoms with Crippen LogP contribution in [0.1, 0.15) is 62.7 Å². The number of carbonyl (C=O) groups is 3. The van der Waals surface area contributed by atoms with Crippen molar-refractivity contribution < 1.29 is 14.4 Å². The molecule has 164 valence electrons. The first kappa shape index (κ1) is 22.3. The topological polar surface area (TPSA) is 60.9 Å². The van der Waals surface area contributed by atoms with Crippen molar-refractivity contribution in [1.29, 1.82) is 0 Å². The fraction of sp³-hybridized carbons (Fsp3) is 0.625. The van der Waals surface area contributed by atoms with Crippen LogP contribution in [0.25, 0.3) is 0 Å². The van der Waals surface area contributed by atoms with Crippen LogP contribution in [-0.4, -0.2) is 71.2 Å². The van der Waals surface area contributed by atoms with E-state index in [-0.39, 0.29) is 29.7 Å². The number of rotatable bonds is 6. The van der Waals surface area contributed by atoms with Gasteiger partial charge in [0.1, 0.15) is 0 Å². The van der Waals surface area contributed by atoms with Crippen molar-refractivity contribution in [2.45, 2.75) is 58.4 Å². The van der Waals surface area contributed by atoms with Gasteiger partial charge in [0.25, 0.3) is 5.91 Å². The molecule has 1 aromatic rings. The van der Waals surface area contributed by atoms with Crippen molar-refractivity contribution in [3.8, 4) is 0 Å². The van der Waals surface area contributed by atoms with Gasteiger partial charge in [-0.3, -0.25) is 14.4 Å². The van der Waals surface area contributed by atoms with Crippen LogP contribution >= 0.6 is 0 Å². The molecule has 2 aliphatic rings. The largest absolute Gasteiger partial charge is 0.342 e. The minimum atomic E-state index is -0.0928. The third-order valence-corrected chi connectivity index (χ3v) is 6.39. The van der Waals surface area contributed by atoms with E-state index < -0.39 is 0 Å². The summed E-state index contributed by atoms with van der Waals surface area (Å²) in [6.07, 6.45) is 4.79. The van der Waals surface area contributed by atoms with Gasteiger partial charge in [-0.05, 0) is 44.2 Å². The fourth-order valence-corrected chi connectivity index (χ4v) is 4.72. The number of hydrogen-bond acceptors (Lipinski definition) is 3. The van der Waals surface area contributed by atoms with Gasteiger partial charge in [-0.2, -0.15) is 0 Å². The van der Waals surface area contributed by atoms with Crippen molar-refractivity contribution in [3.05, 3.63) is 35.9 Å². The molecule has 2 saturated heterocycles. The molecule has 0 saturated carbocycles. The van der Waals surface area contributed by atoms with Crippen molar-refractivity contribution in [2.24, 2.45) is 5.92 Å². The Balaban J connectivity index is 1.60. The molecular formula is C24H35N3O3. The molecule has 2 heterocycles. The molecule has 2 fully saturated rings. The Labute approximate surface area is 180 Å². The molecule has 1 atom stereocenters. The minimum absolute atomic E-state index is 0.0726. The second kappa shape index (κ2) is 10.6. The number of benzene rings is 1. The maximum absolute atomic E-state index is 13.4. The van der Waals surface area contributed by atoms with E-state index in [4.69, 9.17) is 0 Å². The van der Waals surface area contributed by atoms with Gasteiger partial charge in [0.15, 0.2) is 0 Å². The molecule has 6 heteroatoms. The van der Waals surface area contributed by atoms with E-state index in [0.29, 0.717) is 26.1 Å². The molecule has 0 bridgehead atoms. The lowest BCUT2D eigenvalue weighted by Gasteiger charge is -2.41. The molecule has 2 aliphatic heterocycles. The molecular weight excluding hydrogens is 378 g/mol. The molecule has 1 aromatic carbocycles. The van der Waals surface area contributed by atoms with E-state index in [1.165, 1.54) is 0 Å². The van der Waals surface area contributed by atoms with Crippen LogP contribution in [0.2, 0.25) is 0 Å². The van der Waals surface area contributed by atoms with Gasteiger partial charge in [-0.15, -0.1) is 0 Å². The molecule has 0 radical (unpaired) electrons. The number of likely N-dealkylation sites (tertiary alicyclic amines) is 2. The third kappa shape index (κ3) is 5.21. The number of hydrogen-bond donors (Lipinski definition) is 0. The SMILES string of the molecule is CCCN(C(=O)C1CCCN(C(=O)CC)C1)C1CCN(C(=O)c2ccccc2)CC1. The van der Waals surface area contributed by atoms with Crippen molar-refractivity contribution in [3.63, 3.8) is 0 Å². The Bertz CT molecular complexity index is 728. The van der Waals surface area contributed by atoms with Crippen LogP contribution in [0.4, 0.5) is 0 Å². The summed E-state index contributed by atoms with van der Waals surface area (Å²) in [6, 6.07) is 9.57. The predicted molar refractivity (Wildman–Crippen MR) is 117 cm³/mol. The smallest absolute Gasteiger partial charge is 0.253 e. The maximum atomic E-state index is 13.4. The monoisotopic (exact) mass is 413 g/mol. The molecule has 1 unspecified atom stereocenters. The van der Waals surface area contributed by atoms with Crippen LogP contribution in [-0.2, 0) is 9.59 Å². The lowest BCUT2D eigenvalue weighted by Crippen LogP contribution is -2.53. The summed E-state index contributed by atoms with van der Waals surface area (Å²) >= 11 is 0. The number of amides is 3. The van der Waals surface area contributed by atoms with Crippen LogP contribution < -0.4 is 0 Å². The fourth-order valence-electron chi connectivity index (χ4n) is 4.72. The van der Waals surface area contributed by atoms with Gasteiger partial charge in [-0.25, -0.2) is 0 Å². The van der Waals surface area contributed by atoms with E-state index in [2.05, 4.69) is 11.8 Å². The number of nitrogens with zero attached hydrogens (tertiary/aromatic N) is 3. The maximum Gasteiger partial charge on any atom is 0.253 e. The normalized spacial score (nSPS) is 20.1. The van der Waals surface area contributed by atoms with Gasteiger partial charge in [0, 0.05) is 50.7 Å². The molecule has 0 aromatic heterocycles. The van der Waals surface area contributed by atoms with Gasteiger partial charge in [0.2, 0.25) is 11.8 Å². The zero-order valence-corrected chi connectivity index (χ0v) is 18.4. The first-order valence-corrected chi connectivity index (χ1v) is 11.5. The summed E-state index contributed by atoms with van der Waals surface area (Å²) in [6.45, 7) is 7.40. The highest BCUT2D eigenvalue weighted by Crippen LogP contribution is 2.25.